The Morgan fingerprint density at radius 2 is 1.69 bits per heavy atom. The van der Waals surface area contributed by atoms with E-state index in [9.17, 15) is 4.79 Å². The number of hydrogen-bond acceptors (Lipinski definition) is 5. The fourth-order valence-electron chi connectivity index (χ4n) is 4.87. The monoisotopic (exact) mass is 566 g/mol. The summed E-state index contributed by atoms with van der Waals surface area (Å²) < 4.78 is 16.8. The van der Waals surface area contributed by atoms with Gasteiger partial charge in [-0.2, -0.15) is 0 Å². The predicted octanol–water partition coefficient (Wildman–Crippen LogP) is 6.53. The summed E-state index contributed by atoms with van der Waals surface area (Å²) in [6, 6.07) is 19.5. The van der Waals surface area contributed by atoms with Gasteiger partial charge in [0.25, 0.3) is 5.91 Å². The summed E-state index contributed by atoms with van der Waals surface area (Å²) in [6.07, 6.45) is 2.78. The van der Waals surface area contributed by atoms with Crippen molar-refractivity contribution in [2.24, 2.45) is 0 Å². The average Bonchev–Trinajstić information content (AvgIpc) is 3.82. The number of halogens is 2. The molecule has 0 unspecified atom stereocenters. The van der Waals surface area contributed by atoms with Crippen LogP contribution in [-0.4, -0.2) is 44.2 Å². The van der Waals surface area contributed by atoms with Gasteiger partial charge in [0.05, 0.1) is 24.3 Å². The van der Waals surface area contributed by atoms with Crippen LogP contribution in [0.1, 0.15) is 36.0 Å². The molecular weight excluding hydrogens is 535 g/mol. The second-order valence-electron chi connectivity index (χ2n) is 9.80. The van der Waals surface area contributed by atoms with E-state index >= 15 is 0 Å². The molecule has 0 bridgehead atoms. The SMILES string of the molecule is COc1cc(OC)cc(OCc2cccc(C3=C(C(=O)N(Cc4cccc(Cl)c4Cl)C4CC4)CNCC3)c2)c1. The molecule has 8 heteroatoms. The molecule has 204 valence electrons. The van der Waals surface area contributed by atoms with Crippen molar-refractivity contribution in [2.75, 3.05) is 27.3 Å². The van der Waals surface area contributed by atoms with E-state index in [0.29, 0.717) is 47.0 Å². The molecule has 1 amide bonds. The number of ether oxygens (including phenoxy) is 3. The van der Waals surface area contributed by atoms with Crippen molar-refractivity contribution >= 4 is 34.7 Å². The van der Waals surface area contributed by atoms with Gasteiger partial charge < -0.3 is 24.4 Å². The van der Waals surface area contributed by atoms with Gasteiger partial charge >= 0.3 is 0 Å². The minimum atomic E-state index is 0.0564. The van der Waals surface area contributed by atoms with Crippen molar-refractivity contribution in [2.45, 2.75) is 38.5 Å². The van der Waals surface area contributed by atoms with Gasteiger partial charge in [0.2, 0.25) is 0 Å². The molecule has 1 heterocycles. The van der Waals surface area contributed by atoms with Crippen LogP contribution in [0.4, 0.5) is 0 Å². The summed E-state index contributed by atoms with van der Waals surface area (Å²) in [5, 5.41) is 4.41. The van der Waals surface area contributed by atoms with Gasteiger partial charge in [-0.25, -0.2) is 0 Å². The number of hydrogen-bond donors (Lipinski definition) is 1. The number of nitrogens with zero attached hydrogens (tertiary/aromatic N) is 1. The van der Waals surface area contributed by atoms with Crippen LogP contribution in [0.25, 0.3) is 5.57 Å². The molecule has 0 aromatic heterocycles. The van der Waals surface area contributed by atoms with Gasteiger partial charge in [-0.1, -0.05) is 53.5 Å². The second-order valence-corrected chi connectivity index (χ2v) is 10.6. The van der Waals surface area contributed by atoms with Crippen LogP contribution >= 0.6 is 23.2 Å². The van der Waals surface area contributed by atoms with E-state index in [-0.39, 0.29) is 11.9 Å². The zero-order chi connectivity index (χ0) is 27.4. The first-order chi connectivity index (χ1) is 19.0. The minimum Gasteiger partial charge on any atom is -0.496 e. The average molecular weight is 568 g/mol. The molecule has 39 heavy (non-hydrogen) atoms. The first-order valence-corrected chi connectivity index (χ1v) is 13.8. The number of nitrogens with one attached hydrogen (secondary N) is 1. The quantitative estimate of drug-likeness (QED) is 0.302. The van der Waals surface area contributed by atoms with Crippen molar-refractivity contribution < 1.29 is 19.0 Å². The number of benzene rings is 3. The molecule has 1 saturated carbocycles. The van der Waals surface area contributed by atoms with Crippen molar-refractivity contribution in [3.8, 4) is 17.2 Å². The Bertz CT molecular complexity index is 1360. The van der Waals surface area contributed by atoms with Gasteiger partial charge in [-0.15, -0.1) is 0 Å². The van der Waals surface area contributed by atoms with Crippen molar-refractivity contribution in [1.82, 2.24) is 10.2 Å². The Kier molecular flexibility index (Phi) is 8.66. The maximum atomic E-state index is 14.0. The van der Waals surface area contributed by atoms with E-state index in [1.165, 1.54) is 0 Å². The van der Waals surface area contributed by atoms with Crippen molar-refractivity contribution in [1.29, 1.82) is 0 Å². The van der Waals surface area contributed by atoms with Crippen LogP contribution in [0.15, 0.2) is 66.2 Å². The summed E-state index contributed by atoms with van der Waals surface area (Å²) in [5.74, 6) is 2.05. The largest absolute Gasteiger partial charge is 0.496 e. The summed E-state index contributed by atoms with van der Waals surface area (Å²) >= 11 is 12.7. The Hall–Kier alpha value is -3.19. The topological polar surface area (TPSA) is 60.0 Å². The van der Waals surface area contributed by atoms with Crippen LogP contribution in [0.5, 0.6) is 17.2 Å². The fraction of sp³-hybridized carbons (Fsp3) is 0.323. The molecule has 1 fully saturated rings. The summed E-state index contributed by atoms with van der Waals surface area (Å²) in [5.41, 5.74) is 4.80. The molecule has 1 N–H and O–H groups in total. The highest BCUT2D eigenvalue weighted by atomic mass is 35.5. The van der Waals surface area contributed by atoms with Gasteiger partial charge in [0.15, 0.2) is 0 Å². The lowest BCUT2D eigenvalue weighted by molar-refractivity contribution is -0.128. The molecular formula is C31H32Cl2N2O4. The van der Waals surface area contributed by atoms with Gasteiger partial charge in [-0.3, -0.25) is 4.79 Å². The first-order valence-electron chi connectivity index (χ1n) is 13.1. The molecule has 1 aliphatic carbocycles. The normalized spacial score (nSPS) is 15.2. The zero-order valence-corrected chi connectivity index (χ0v) is 23.6. The lowest BCUT2D eigenvalue weighted by Crippen LogP contribution is -2.39. The van der Waals surface area contributed by atoms with E-state index in [1.807, 2.05) is 41.3 Å². The number of rotatable bonds is 10. The first kappa shape index (κ1) is 27.4. The Morgan fingerprint density at radius 1 is 0.974 bits per heavy atom. The summed E-state index contributed by atoms with van der Waals surface area (Å²) in [7, 11) is 3.23. The Labute approximate surface area is 239 Å². The molecule has 5 rings (SSSR count). The number of amides is 1. The van der Waals surface area contributed by atoms with E-state index < -0.39 is 0 Å². The lowest BCUT2D eigenvalue weighted by Gasteiger charge is -2.28. The zero-order valence-electron chi connectivity index (χ0n) is 22.1. The van der Waals surface area contributed by atoms with Crippen molar-refractivity contribution in [3.63, 3.8) is 0 Å². The molecule has 0 saturated heterocycles. The summed E-state index contributed by atoms with van der Waals surface area (Å²) in [4.78, 5) is 15.9. The van der Waals surface area contributed by atoms with E-state index in [4.69, 9.17) is 37.4 Å². The number of carbonyl (C=O) groups is 1. The lowest BCUT2D eigenvalue weighted by atomic mass is 9.92. The minimum absolute atomic E-state index is 0.0564. The van der Waals surface area contributed by atoms with Crippen LogP contribution < -0.4 is 19.5 Å². The van der Waals surface area contributed by atoms with Crippen LogP contribution in [0.2, 0.25) is 10.0 Å². The smallest absolute Gasteiger partial charge is 0.251 e. The highest BCUT2D eigenvalue weighted by Gasteiger charge is 2.35. The van der Waals surface area contributed by atoms with E-state index in [0.717, 1.165) is 53.6 Å². The standard InChI is InChI=1S/C31H32Cl2N2O4/c1-37-24-14-25(38-2)16-26(15-24)39-19-20-5-3-6-21(13-20)27-11-12-34-17-28(27)31(36)35(23-9-10-23)18-22-7-4-8-29(32)30(22)33/h3-8,13-16,23,34H,9-12,17-19H2,1-2H3. The van der Waals surface area contributed by atoms with Crippen LogP contribution in [0.3, 0.4) is 0 Å². The molecule has 0 spiro atoms. The fourth-order valence-corrected chi connectivity index (χ4v) is 5.25. The number of methoxy groups -OCH3 is 2. The Morgan fingerprint density at radius 3 is 2.41 bits per heavy atom. The second kappa shape index (κ2) is 12.3. The molecule has 1 aliphatic heterocycles. The van der Waals surface area contributed by atoms with Crippen LogP contribution in [-0.2, 0) is 17.9 Å². The van der Waals surface area contributed by atoms with Crippen LogP contribution in [0, 0.1) is 0 Å². The van der Waals surface area contributed by atoms with Gasteiger partial charge in [-0.05, 0) is 60.2 Å². The van der Waals surface area contributed by atoms with Gasteiger partial charge in [0.1, 0.15) is 23.9 Å². The molecule has 0 radical (unpaired) electrons. The third-order valence-electron chi connectivity index (χ3n) is 7.10. The highest BCUT2D eigenvalue weighted by Crippen LogP contribution is 2.35. The highest BCUT2D eigenvalue weighted by molar-refractivity contribution is 6.42. The summed E-state index contributed by atoms with van der Waals surface area (Å²) in [6.45, 7) is 2.17. The van der Waals surface area contributed by atoms with Gasteiger partial charge in [0, 0.05) is 42.9 Å². The number of carbonyl (C=O) groups excluding carboxylic acids is 1. The maximum Gasteiger partial charge on any atom is 0.251 e. The van der Waals surface area contributed by atoms with Crippen molar-refractivity contribution in [3.05, 3.63) is 93.0 Å². The molecule has 2 aliphatic rings. The van der Waals surface area contributed by atoms with E-state index in [1.54, 1.807) is 26.4 Å². The molecule has 3 aromatic rings. The Balaban J connectivity index is 1.39. The molecule has 6 nitrogen and oxygen atoms in total. The molecule has 3 aromatic carbocycles. The third kappa shape index (κ3) is 6.52. The predicted molar refractivity (Wildman–Crippen MR) is 155 cm³/mol. The molecule has 0 atom stereocenters. The van der Waals surface area contributed by atoms with E-state index in [2.05, 4.69) is 17.4 Å². The maximum absolute atomic E-state index is 14.0. The third-order valence-corrected chi connectivity index (χ3v) is 7.96.